The normalized spacial score (nSPS) is 26.2. The van der Waals surface area contributed by atoms with Gasteiger partial charge in [-0.05, 0) is 54.7 Å². The molecule has 1 aliphatic carbocycles. The van der Waals surface area contributed by atoms with Crippen LogP contribution in [0.3, 0.4) is 0 Å². The minimum Gasteiger partial charge on any atom is -0.483 e. The molecule has 1 amide bonds. The Hall–Kier alpha value is -3.02. The molecule has 1 fully saturated rings. The molecule has 3 aliphatic rings. The molecular formula is C23H21FN2O3. The first-order valence-electron chi connectivity index (χ1n) is 10.0. The SMILES string of the molecule is O=C1C2=C(OC3CCCCC13)C(=O)N(Cc1ccncc1)C2c1ccc(F)cc1. The van der Waals surface area contributed by atoms with Crippen molar-refractivity contribution < 1.29 is 18.7 Å². The van der Waals surface area contributed by atoms with Crippen LogP contribution in [0.4, 0.5) is 4.39 Å². The van der Waals surface area contributed by atoms with E-state index in [9.17, 15) is 14.0 Å². The predicted octanol–water partition coefficient (Wildman–Crippen LogP) is 3.72. The highest BCUT2D eigenvalue weighted by molar-refractivity contribution is 6.11. The third kappa shape index (κ3) is 3.03. The van der Waals surface area contributed by atoms with Gasteiger partial charge in [0.25, 0.3) is 5.91 Å². The summed E-state index contributed by atoms with van der Waals surface area (Å²) in [5.74, 6) is -0.633. The fraction of sp³-hybridized carbons (Fsp3) is 0.348. The Labute approximate surface area is 168 Å². The number of Topliss-reactive ketones (excluding diaryl/α,β-unsaturated/α-hetero) is 1. The van der Waals surface area contributed by atoms with Crippen LogP contribution >= 0.6 is 0 Å². The lowest BCUT2D eigenvalue weighted by Crippen LogP contribution is -2.39. The van der Waals surface area contributed by atoms with Gasteiger partial charge in [-0.25, -0.2) is 4.39 Å². The lowest BCUT2D eigenvalue weighted by atomic mass is 9.77. The zero-order valence-electron chi connectivity index (χ0n) is 15.9. The first-order chi connectivity index (χ1) is 14.1. The molecule has 0 radical (unpaired) electrons. The van der Waals surface area contributed by atoms with Gasteiger partial charge in [0.05, 0.1) is 17.5 Å². The van der Waals surface area contributed by atoms with Gasteiger partial charge in [0.1, 0.15) is 11.9 Å². The van der Waals surface area contributed by atoms with Crippen LogP contribution in [0.15, 0.2) is 60.1 Å². The van der Waals surface area contributed by atoms with Crippen LogP contribution in [0.2, 0.25) is 0 Å². The minimum absolute atomic E-state index is 0.0100. The highest BCUT2D eigenvalue weighted by Gasteiger charge is 2.51. The van der Waals surface area contributed by atoms with Crippen LogP contribution in [0.1, 0.15) is 42.9 Å². The Morgan fingerprint density at radius 1 is 1.03 bits per heavy atom. The minimum atomic E-state index is -0.568. The maximum absolute atomic E-state index is 13.5. The third-order valence-corrected chi connectivity index (χ3v) is 6.15. The average molecular weight is 392 g/mol. The maximum atomic E-state index is 13.5. The molecule has 2 aromatic rings. The molecule has 1 aromatic heterocycles. The van der Waals surface area contributed by atoms with Crippen molar-refractivity contribution in [1.29, 1.82) is 0 Å². The van der Waals surface area contributed by atoms with Crippen LogP contribution < -0.4 is 0 Å². The van der Waals surface area contributed by atoms with Gasteiger partial charge in [-0.2, -0.15) is 0 Å². The van der Waals surface area contributed by atoms with E-state index in [1.807, 2.05) is 12.1 Å². The van der Waals surface area contributed by atoms with Crippen molar-refractivity contribution in [2.24, 2.45) is 5.92 Å². The summed E-state index contributed by atoms with van der Waals surface area (Å²) in [5, 5.41) is 0. The van der Waals surface area contributed by atoms with Crippen molar-refractivity contribution in [3.63, 3.8) is 0 Å². The van der Waals surface area contributed by atoms with Gasteiger partial charge in [-0.1, -0.05) is 18.6 Å². The van der Waals surface area contributed by atoms with Crippen molar-refractivity contribution in [1.82, 2.24) is 9.88 Å². The highest BCUT2D eigenvalue weighted by atomic mass is 19.1. The van der Waals surface area contributed by atoms with Gasteiger partial charge in [-0.15, -0.1) is 0 Å². The molecule has 148 valence electrons. The quantitative estimate of drug-likeness (QED) is 0.799. The predicted molar refractivity (Wildman–Crippen MR) is 103 cm³/mol. The number of ketones is 1. The molecule has 3 unspecified atom stereocenters. The number of hydrogen-bond acceptors (Lipinski definition) is 4. The summed E-state index contributed by atoms with van der Waals surface area (Å²) in [6, 6.07) is 9.12. The molecule has 1 aromatic carbocycles. The molecule has 0 N–H and O–H groups in total. The monoisotopic (exact) mass is 392 g/mol. The molecule has 5 nitrogen and oxygen atoms in total. The number of amides is 1. The summed E-state index contributed by atoms with van der Waals surface area (Å²) in [7, 11) is 0. The zero-order chi connectivity index (χ0) is 20.0. The van der Waals surface area contributed by atoms with Gasteiger partial charge >= 0.3 is 0 Å². The first kappa shape index (κ1) is 18.0. The standard InChI is InChI=1S/C23H21FN2O3/c24-16-7-5-15(6-8-16)20-19-21(27)17-3-1-2-4-18(17)29-22(19)23(28)26(20)13-14-9-11-25-12-10-14/h5-12,17-18,20H,1-4,13H2. The number of carbonyl (C=O) groups is 2. The Morgan fingerprint density at radius 2 is 1.76 bits per heavy atom. The number of pyridine rings is 1. The van der Waals surface area contributed by atoms with E-state index in [-0.39, 0.29) is 35.3 Å². The summed E-state index contributed by atoms with van der Waals surface area (Å²) in [6.07, 6.45) is 6.72. The van der Waals surface area contributed by atoms with E-state index in [2.05, 4.69) is 4.98 Å². The highest BCUT2D eigenvalue weighted by Crippen LogP contribution is 2.47. The number of carbonyl (C=O) groups excluding carboxylic acids is 2. The molecule has 6 heteroatoms. The van der Waals surface area contributed by atoms with Crippen molar-refractivity contribution in [3.05, 3.63) is 77.1 Å². The molecule has 2 aliphatic heterocycles. The molecule has 29 heavy (non-hydrogen) atoms. The smallest absolute Gasteiger partial charge is 0.290 e. The van der Waals surface area contributed by atoms with E-state index in [0.717, 1.165) is 31.2 Å². The largest absolute Gasteiger partial charge is 0.483 e. The molecule has 0 saturated heterocycles. The second kappa shape index (κ2) is 7.10. The van der Waals surface area contributed by atoms with Crippen molar-refractivity contribution >= 4 is 11.7 Å². The summed E-state index contributed by atoms with van der Waals surface area (Å²) < 4.78 is 19.7. The number of fused-ring (bicyclic) bond motifs is 1. The topological polar surface area (TPSA) is 59.5 Å². The lowest BCUT2D eigenvalue weighted by molar-refractivity contribution is -0.135. The third-order valence-electron chi connectivity index (χ3n) is 6.15. The van der Waals surface area contributed by atoms with Crippen molar-refractivity contribution in [2.45, 2.75) is 44.4 Å². The van der Waals surface area contributed by atoms with Crippen LogP contribution in [-0.4, -0.2) is 27.7 Å². The first-order valence-corrected chi connectivity index (χ1v) is 10.0. The van der Waals surface area contributed by atoms with Crippen LogP contribution in [0.5, 0.6) is 0 Å². The van der Waals surface area contributed by atoms with Crippen molar-refractivity contribution in [2.75, 3.05) is 0 Å². The van der Waals surface area contributed by atoms with Crippen LogP contribution in [0, 0.1) is 11.7 Å². The second-order valence-corrected chi connectivity index (χ2v) is 7.90. The number of benzene rings is 1. The van der Waals surface area contributed by atoms with E-state index in [0.29, 0.717) is 17.7 Å². The molecule has 1 saturated carbocycles. The zero-order valence-corrected chi connectivity index (χ0v) is 15.9. The van der Waals surface area contributed by atoms with Crippen LogP contribution in [-0.2, 0) is 20.9 Å². The number of hydrogen-bond donors (Lipinski definition) is 0. The number of halogens is 1. The Bertz CT molecular complexity index is 987. The number of aromatic nitrogens is 1. The van der Waals surface area contributed by atoms with E-state index in [1.165, 1.54) is 12.1 Å². The summed E-state index contributed by atoms with van der Waals surface area (Å²) in [6.45, 7) is 0.322. The Kier molecular flexibility index (Phi) is 4.42. The van der Waals surface area contributed by atoms with E-state index >= 15 is 0 Å². The summed E-state index contributed by atoms with van der Waals surface area (Å²) >= 11 is 0. The molecule has 5 rings (SSSR count). The fourth-order valence-electron chi connectivity index (χ4n) is 4.73. The molecule has 3 heterocycles. The van der Waals surface area contributed by atoms with E-state index in [1.54, 1.807) is 29.4 Å². The Morgan fingerprint density at radius 3 is 2.52 bits per heavy atom. The van der Waals surface area contributed by atoms with Gasteiger partial charge in [-0.3, -0.25) is 14.6 Å². The van der Waals surface area contributed by atoms with Gasteiger partial charge in [0, 0.05) is 18.9 Å². The van der Waals surface area contributed by atoms with Gasteiger partial charge in [0.2, 0.25) is 0 Å². The second-order valence-electron chi connectivity index (χ2n) is 7.90. The maximum Gasteiger partial charge on any atom is 0.290 e. The average Bonchev–Trinajstić information content (AvgIpc) is 3.02. The van der Waals surface area contributed by atoms with E-state index in [4.69, 9.17) is 4.74 Å². The van der Waals surface area contributed by atoms with Gasteiger partial charge < -0.3 is 9.64 Å². The summed E-state index contributed by atoms with van der Waals surface area (Å²) in [5.41, 5.74) is 2.05. The fourth-order valence-corrected chi connectivity index (χ4v) is 4.73. The van der Waals surface area contributed by atoms with E-state index < -0.39 is 6.04 Å². The van der Waals surface area contributed by atoms with Crippen molar-refractivity contribution in [3.8, 4) is 0 Å². The molecule has 0 spiro atoms. The lowest BCUT2D eigenvalue weighted by Gasteiger charge is -2.35. The Balaban J connectivity index is 1.58. The van der Waals surface area contributed by atoms with Gasteiger partial charge in [0.15, 0.2) is 11.5 Å². The molecule has 3 atom stereocenters. The van der Waals surface area contributed by atoms with Crippen LogP contribution in [0.25, 0.3) is 0 Å². The number of ether oxygens (including phenoxy) is 1. The number of rotatable bonds is 3. The summed E-state index contributed by atoms with van der Waals surface area (Å²) in [4.78, 5) is 32.4. The molecular weight excluding hydrogens is 371 g/mol. The number of nitrogens with zero attached hydrogens (tertiary/aromatic N) is 2. The molecule has 0 bridgehead atoms.